The summed E-state index contributed by atoms with van der Waals surface area (Å²) in [4.78, 5) is 36.6. The molecule has 1 heterocycles. The first-order valence-corrected chi connectivity index (χ1v) is 7.14. The lowest BCUT2D eigenvalue weighted by Crippen LogP contribution is -2.61. The average Bonchev–Trinajstić information content (AvgIpc) is 2.48. The van der Waals surface area contributed by atoms with Gasteiger partial charge in [0.15, 0.2) is 0 Å². The van der Waals surface area contributed by atoms with Crippen molar-refractivity contribution in [2.45, 2.75) is 12.6 Å². The van der Waals surface area contributed by atoms with Crippen LogP contribution in [0.25, 0.3) is 0 Å². The molecule has 2 N–H and O–H groups in total. The van der Waals surface area contributed by atoms with Crippen molar-refractivity contribution in [3.8, 4) is 0 Å². The molecule has 2 rings (SSSR count). The maximum atomic E-state index is 11.8. The highest BCUT2D eigenvalue weighted by atomic mass is 16.6. The average molecular weight is 321 g/mol. The third kappa shape index (κ3) is 4.87. The van der Waals surface area contributed by atoms with Crippen molar-refractivity contribution < 1.29 is 24.2 Å². The van der Waals surface area contributed by atoms with Gasteiger partial charge in [-0.25, -0.2) is 9.59 Å². The van der Waals surface area contributed by atoms with E-state index in [1.54, 1.807) is 0 Å². The Morgan fingerprint density at radius 1 is 1.30 bits per heavy atom. The molecule has 124 valence electrons. The fourth-order valence-electron chi connectivity index (χ4n) is 2.11. The molecular formula is C15H19N3O5. The standard InChI is InChI=1S/C15H19N3O5/c1-17(15(22)23-10-11-5-3-2-4-6-11)9-13(19)16-12-7-18(8-12)14(20)21/h2-6,12H,7-10H2,1H3,(H,16,19)(H,20,21). The molecule has 23 heavy (non-hydrogen) atoms. The van der Waals surface area contributed by atoms with Crippen molar-refractivity contribution in [3.63, 3.8) is 0 Å². The van der Waals surface area contributed by atoms with Gasteiger partial charge in [0.05, 0.1) is 6.04 Å². The maximum Gasteiger partial charge on any atom is 0.410 e. The predicted molar refractivity (Wildman–Crippen MR) is 80.8 cm³/mol. The van der Waals surface area contributed by atoms with Gasteiger partial charge in [-0.2, -0.15) is 0 Å². The van der Waals surface area contributed by atoms with E-state index >= 15 is 0 Å². The van der Waals surface area contributed by atoms with E-state index in [0.717, 1.165) is 5.56 Å². The van der Waals surface area contributed by atoms with Crippen LogP contribution in [0.4, 0.5) is 9.59 Å². The lowest BCUT2D eigenvalue weighted by molar-refractivity contribution is -0.123. The molecule has 0 bridgehead atoms. The zero-order chi connectivity index (χ0) is 16.8. The van der Waals surface area contributed by atoms with Crippen LogP contribution < -0.4 is 5.32 Å². The number of amides is 3. The summed E-state index contributed by atoms with van der Waals surface area (Å²) < 4.78 is 5.11. The molecule has 0 atom stereocenters. The summed E-state index contributed by atoms with van der Waals surface area (Å²) in [5.41, 5.74) is 0.863. The molecule has 0 aromatic heterocycles. The number of carbonyl (C=O) groups excluding carboxylic acids is 2. The smallest absolute Gasteiger partial charge is 0.410 e. The van der Waals surface area contributed by atoms with Gasteiger partial charge in [-0.1, -0.05) is 30.3 Å². The zero-order valence-electron chi connectivity index (χ0n) is 12.8. The van der Waals surface area contributed by atoms with Crippen molar-refractivity contribution in [1.82, 2.24) is 15.1 Å². The molecule has 0 saturated carbocycles. The van der Waals surface area contributed by atoms with Gasteiger partial charge >= 0.3 is 12.2 Å². The predicted octanol–water partition coefficient (Wildman–Crippen LogP) is 0.733. The molecule has 1 aliphatic rings. The number of nitrogens with one attached hydrogen (secondary N) is 1. The molecule has 1 fully saturated rings. The van der Waals surface area contributed by atoms with Gasteiger partial charge in [0.25, 0.3) is 0 Å². The van der Waals surface area contributed by atoms with Gasteiger partial charge in [0.1, 0.15) is 13.2 Å². The lowest BCUT2D eigenvalue weighted by Gasteiger charge is -2.37. The Bertz CT molecular complexity index is 572. The van der Waals surface area contributed by atoms with E-state index in [-0.39, 0.29) is 38.2 Å². The van der Waals surface area contributed by atoms with Gasteiger partial charge in [-0.3, -0.25) is 4.79 Å². The van der Waals surface area contributed by atoms with Gasteiger partial charge in [0, 0.05) is 20.1 Å². The molecule has 8 heteroatoms. The minimum Gasteiger partial charge on any atom is -0.465 e. The third-order valence-corrected chi connectivity index (χ3v) is 3.41. The largest absolute Gasteiger partial charge is 0.465 e. The molecule has 1 aliphatic heterocycles. The number of ether oxygens (including phenoxy) is 1. The van der Waals surface area contributed by atoms with Crippen molar-refractivity contribution >= 4 is 18.1 Å². The van der Waals surface area contributed by atoms with Crippen LogP contribution in [-0.2, 0) is 16.1 Å². The number of carboxylic acid groups (broad SMARTS) is 1. The van der Waals surface area contributed by atoms with E-state index in [1.807, 2.05) is 30.3 Å². The van der Waals surface area contributed by atoms with Crippen LogP contribution in [-0.4, -0.2) is 65.7 Å². The number of likely N-dealkylation sites (N-methyl/N-ethyl adjacent to an activating group) is 1. The second-order valence-electron chi connectivity index (χ2n) is 5.35. The molecule has 3 amide bonds. The van der Waals surface area contributed by atoms with Gasteiger partial charge in [-0.05, 0) is 5.56 Å². The van der Waals surface area contributed by atoms with Crippen molar-refractivity contribution in [1.29, 1.82) is 0 Å². The van der Waals surface area contributed by atoms with Crippen LogP contribution >= 0.6 is 0 Å². The van der Waals surface area contributed by atoms with Crippen LogP contribution in [0.15, 0.2) is 30.3 Å². The summed E-state index contributed by atoms with van der Waals surface area (Å²) in [7, 11) is 1.47. The minimum atomic E-state index is -1.00. The number of benzene rings is 1. The van der Waals surface area contributed by atoms with Gasteiger partial charge < -0.3 is 25.0 Å². The van der Waals surface area contributed by atoms with E-state index < -0.39 is 12.2 Å². The summed E-state index contributed by atoms with van der Waals surface area (Å²) in [6.45, 7) is 0.533. The Balaban J connectivity index is 1.67. The Kier molecular flexibility index (Phi) is 5.40. The first-order chi connectivity index (χ1) is 11.0. The topological polar surface area (TPSA) is 99.2 Å². The molecule has 8 nitrogen and oxygen atoms in total. The van der Waals surface area contributed by atoms with E-state index in [1.165, 1.54) is 16.8 Å². The Labute approximate surface area is 133 Å². The Morgan fingerprint density at radius 2 is 1.96 bits per heavy atom. The quantitative estimate of drug-likeness (QED) is 0.833. The molecule has 0 unspecified atom stereocenters. The molecule has 0 radical (unpaired) electrons. The summed E-state index contributed by atoms with van der Waals surface area (Å²) in [6, 6.07) is 9.04. The minimum absolute atomic E-state index is 0.141. The van der Waals surface area contributed by atoms with Crippen molar-refractivity contribution in [2.75, 3.05) is 26.7 Å². The third-order valence-electron chi connectivity index (χ3n) is 3.41. The fourth-order valence-corrected chi connectivity index (χ4v) is 2.11. The monoisotopic (exact) mass is 321 g/mol. The Hall–Kier alpha value is -2.77. The second kappa shape index (κ2) is 7.48. The van der Waals surface area contributed by atoms with Crippen LogP contribution in [0.5, 0.6) is 0 Å². The van der Waals surface area contributed by atoms with E-state index in [2.05, 4.69) is 5.32 Å². The highest BCUT2D eigenvalue weighted by Gasteiger charge is 2.31. The van der Waals surface area contributed by atoms with E-state index in [9.17, 15) is 14.4 Å². The number of rotatable bonds is 5. The zero-order valence-corrected chi connectivity index (χ0v) is 12.8. The molecule has 1 saturated heterocycles. The van der Waals surface area contributed by atoms with Gasteiger partial charge in [0.2, 0.25) is 5.91 Å². The van der Waals surface area contributed by atoms with Crippen molar-refractivity contribution in [2.24, 2.45) is 0 Å². The summed E-state index contributed by atoms with van der Waals surface area (Å²) >= 11 is 0. The Morgan fingerprint density at radius 3 is 2.57 bits per heavy atom. The molecule has 0 aliphatic carbocycles. The fraction of sp³-hybridized carbons (Fsp3) is 0.400. The second-order valence-corrected chi connectivity index (χ2v) is 5.35. The normalized spacial score (nSPS) is 13.9. The summed E-state index contributed by atoms with van der Waals surface area (Å²) in [5.74, 6) is -0.348. The maximum absolute atomic E-state index is 11.8. The number of hydrogen-bond donors (Lipinski definition) is 2. The number of likely N-dealkylation sites (tertiary alicyclic amines) is 1. The highest BCUT2D eigenvalue weighted by molar-refractivity contribution is 5.82. The van der Waals surface area contributed by atoms with Gasteiger partial charge in [-0.15, -0.1) is 0 Å². The molecular weight excluding hydrogens is 302 g/mol. The number of carbonyl (C=O) groups is 3. The van der Waals surface area contributed by atoms with Crippen LogP contribution in [0, 0.1) is 0 Å². The summed E-state index contributed by atoms with van der Waals surface area (Å²) in [6.07, 6.45) is -1.60. The highest BCUT2D eigenvalue weighted by Crippen LogP contribution is 2.07. The molecule has 1 aromatic carbocycles. The van der Waals surface area contributed by atoms with Crippen LogP contribution in [0.1, 0.15) is 5.56 Å². The van der Waals surface area contributed by atoms with Crippen LogP contribution in [0.3, 0.4) is 0 Å². The molecule has 1 aromatic rings. The SMILES string of the molecule is CN(CC(=O)NC1CN(C(=O)O)C1)C(=O)OCc1ccccc1. The first-order valence-electron chi connectivity index (χ1n) is 7.14. The number of hydrogen-bond acceptors (Lipinski definition) is 4. The van der Waals surface area contributed by atoms with E-state index in [4.69, 9.17) is 9.84 Å². The van der Waals surface area contributed by atoms with Crippen LogP contribution in [0.2, 0.25) is 0 Å². The van der Waals surface area contributed by atoms with E-state index in [0.29, 0.717) is 0 Å². The molecule has 0 spiro atoms. The van der Waals surface area contributed by atoms with Crippen molar-refractivity contribution in [3.05, 3.63) is 35.9 Å². The first kappa shape index (κ1) is 16.6. The summed E-state index contributed by atoms with van der Waals surface area (Å²) in [5, 5.41) is 11.4. The lowest BCUT2D eigenvalue weighted by atomic mass is 10.1. The number of nitrogens with zero attached hydrogens (tertiary/aromatic N) is 2.